The third kappa shape index (κ3) is 3.37. The number of carbonyl (C=O) groups excluding carboxylic acids is 1. The molecule has 1 amide bonds. The SMILES string of the molecule is CC1CC(NCC2CC2)CN(C(=O)c2cccs2)C1. The van der Waals surface area contributed by atoms with E-state index in [9.17, 15) is 4.79 Å². The highest BCUT2D eigenvalue weighted by Gasteiger charge is 2.30. The van der Waals surface area contributed by atoms with Crippen LogP contribution < -0.4 is 5.32 Å². The smallest absolute Gasteiger partial charge is 0.263 e. The first-order valence-corrected chi connectivity index (χ1v) is 8.16. The zero-order valence-corrected chi connectivity index (χ0v) is 12.3. The van der Waals surface area contributed by atoms with Gasteiger partial charge in [0.2, 0.25) is 0 Å². The highest BCUT2D eigenvalue weighted by molar-refractivity contribution is 7.12. The molecule has 1 saturated carbocycles. The summed E-state index contributed by atoms with van der Waals surface area (Å²) in [5, 5.41) is 5.63. The van der Waals surface area contributed by atoms with E-state index in [1.807, 2.05) is 22.4 Å². The first kappa shape index (κ1) is 13.1. The molecule has 2 aliphatic rings. The lowest BCUT2D eigenvalue weighted by Crippen LogP contribution is -2.51. The van der Waals surface area contributed by atoms with Gasteiger partial charge in [0.15, 0.2) is 0 Å². The van der Waals surface area contributed by atoms with Crippen LogP contribution in [0.15, 0.2) is 17.5 Å². The summed E-state index contributed by atoms with van der Waals surface area (Å²) >= 11 is 1.54. The summed E-state index contributed by atoms with van der Waals surface area (Å²) in [6, 6.07) is 4.36. The van der Waals surface area contributed by atoms with Gasteiger partial charge in [-0.3, -0.25) is 4.79 Å². The topological polar surface area (TPSA) is 32.3 Å². The van der Waals surface area contributed by atoms with E-state index in [1.165, 1.54) is 19.3 Å². The normalized spacial score (nSPS) is 27.5. The van der Waals surface area contributed by atoms with Crippen molar-refractivity contribution in [2.24, 2.45) is 11.8 Å². The second-order valence-corrected chi connectivity index (χ2v) is 7.02. The van der Waals surface area contributed by atoms with E-state index in [-0.39, 0.29) is 5.91 Å². The summed E-state index contributed by atoms with van der Waals surface area (Å²) in [6.07, 6.45) is 3.96. The van der Waals surface area contributed by atoms with Crippen LogP contribution in [0.4, 0.5) is 0 Å². The molecule has 1 N–H and O–H groups in total. The molecule has 2 unspecified atom stereocenters. The molecule has 1 aliphatic heterocycles. The number of carbonyl (C=O) groups is 1. The fourth-order valence-corrected chi connectivity index (χ4v) is 3.57. The Morgan fingerprint density at radius 2 is 2.32 bits per heavy atom. The van der Waals surface area contributed by atoms with Crippen molar-refractivity contribution in [3.63, 3.8) is 0 Å². The van der Waals surface area contributed by atoms with Gasteiger partial charge >= 0.3 is 0 Å². The van der Waals surface area contributed by atoms with Crippen LogP contribution in [0.3, 0.4) is 0 Å². The van der Waals surface area contributed by atoms with Gasteiger partial charge in [0.05, 0.1) is 4.88 Å². The van der Waals surface area contributed by atoms with Crippen molar-refractivity contribution >= 4 is 17.2 Å². The molecule has 0 aromatic carbocycles. The predicted octanol–water partition coefficient (Wildman–Crippen LogP) is 2.60. The maximum Gasteiger partial charge on any atom is 0.263 e. The average Bonchev–Trinajstić information content (AvgIpc) is 3.07. The number of rotatable bonds is 4. The number of likely N-dealkylation sites (tertiary alicyclic amines) is 1. The molecular weight excluding hydrogens is 256 g/mol. The van der Waals surface area contributed by atoms with Gasteiger partial charge in [0.25, 0.3) is 5.91 Å². The summed E-state index contributed by atoms with van der Waals surface area (Å²) in [6.45, 7) is 5.16. The molecule has 19 heavy (non-hydrogen) atoms. The molecular formula is C15H22N2OS. The van der Waals surface area contributed by atoms with Gasteiger partial charge in [0.1, 0.15) is 0 Å². The first-order valence-electron chi connectivity index (χ1n) is 7.28. The van der Waals surface area contributed by atoms with E-state index in [2.05, 4.69) is 12.2 Å². The van der Waals surface area contributed by atoms with Gasteiger partial charge in [-0.1, -0.05) is 13.0 Å². The van der Waals surface area contributed by atoms with E-state index < -0.39 is 0 Å². The molecule has 4 heteroatoms. The summed E-state index contributed by atoms with van der Waals surface area (Å²) in [5.74, 6) is 1.70. The Bertz CT molecular complexity index is 427. The maximum atomic E-state index is 12.4. The van der Waals surface area contributed by atoms with Gasteiger partial charge < -0.3 is 10.2 Å². The molecule has 1 saturated heterocycles. The van der Waals surface area contributed by atoms with Crippen LogP contribution in [-0.2, 0) is 0 Å². The van der Waals surface area contributed by atoms with Gasteiger partial charge in [0, 0.05) is 19.1 Å². The molecule has 0 radical (unpaired) electrons. The summed E-state index contributed by atoms with van der Waals surface area (Å²) in [5.41, 5.74) is 0. The largest absolute Gasteiger partial charge is 0.336 e. The van der Waals surface area contributed by atoms with Crippen LogP contribution in [0.25, 0.3) is 0 Å². The third-order valence-corrected chi connectivity index (χ3v) is 4.93. The second-order valence-electron chi connectivity index (χ2n) is 6.08. The fraction of sp³-hybridized carbons (Fsp3) is 0.667. The van der Waals surface area contributed by atoms with E-state index in [0.29, 0.717) is 12.0 Å². The van der Waals surface area contributed by atoms with Gasteiger partial charge in [-0.2, -0.15) is 0 Å². The Kier molecular flexibility index (Phi) is 3.89. The Labute approximate surface area is 119 Å². The number of nitrogens with zero attached hydrogens (tertiary/aromatic N) is 1. The van der Waals surface area contributed by atoms with E-state index >= 15 is 0 Å². The molecule has 1 aromatic heterocycles. The van der Waals surface area contributed by atoms with E-state index in [0.717, 1.165) is 30.4 Å². The highest BCUT2D eigenvalue weighted by Crippen LogP contribution is 2.28. The lowest BCUT2D eigenvalue weighted by atomic mass is 9.95. The van der Waals surface area contributed by atoms with E-state index in [4.69, 9.17) is 0 Å². The minimum atomic E-state index is 0.208. The van der Waals surface area contributed by atoms with Crippen LogP contribution in [0.2, 0.25) is 0 Å². The van der Waals surface area contributed by atoms with Crippen molar-refractivity contribution in [3.05, 3.63) is 22.4 Å². The monoisotopic (exact) mass is 278 g/mol. The van der Waals surface area contributed by atoms with Crippen LogP contribution in [0.5, 0.6) is 0 Å². The average molecular weight is 278 g/mol. The van der Waals surface area contributed by atoms with Crippen molar-refractivity contribution in [1.82, 2.24) is 10.2 Å². The Morgan fingerprint density at radius 1 is 1.47 bits per heavy atom. The molecule has 0 bridgehead atoms. The number of piperidine rings is 1. The van der Waals surface area contributed by atoms with E-state index in [1.54, 1.807) is 11.3 Å². The molecule has 2 fully saturated rings. The summed E-state index contributed by atoms with van der Waals surface area (Å²) in [7, 11) is 0. The van der Waals surface area contributed by atoms with Gasteiger partial charge in [-0.15, -0.1) is 11.3 Å². The molecule has 104 valence electrons. The maximum absolute atomic E-state index is 12.4. The molecule has 3 rings (SSSR count). The number of hydrogen-bond acceptors (Lipinski definition) is 3. The number of thiophene rings is 1. The number of hydrogen-bond donors (Lipinski definition) is 1. The third-order valence-electron chi connectivity index (χ3n) is 4.07. The molecule has 1 aliphatic carbocycles. The van der Waals surface area contributed by atoms with Crippen LogP contribution >= 0.6 is 11.3 Å². The first-order chi connectivity index (χ1) is 9.22. The summed E-state index contributed by atoms with van der Waals surface area (Å²) in [4.78, 5) is 15.3. The van der Waals surface area contributed by atoms with Crippen LogP contribution in [0.1, 0.15) is 35.9 Å². The van der Waals surface area contributed by atoms with Crippen molar-refractivity contribution < 1.29 is 4.79 Å². The zero-order chi connectivity index (χ0) is 13.2. The van der Waals surface area contributed by atoms with Crippen molar-refractivity contribution in [2.75, 3.05) is 19.6 Å². The molecule has 2 heterocycles. The van der Waals surface area contributed by atoms with Crippen LogP contribution in [-0.4, -0.2) is 36.5 Å². The van der Waals surface area contributed by atoms with Gasteiger partial charge in [-0.25, -0.2) is 0 Å². The second kappa shape index (κ2) is 5.63. The van der Waals surface area contributed by atoms with Crippen molar-refractivity contribution in [1.29, 1.82) is 0 Å². The zero-order valence-electron chi connectivity index (χ0n) is 11.5. The minimum absolute atomic E-state index is 0.208. The summed E-state index contributed by atoms with van der Waals surface area (Å²) < 4.78 is 0. The number of nitrogens with one attached hydrogen (secondary N) is 1. The van der Waals surface area contributed by atoms with Crippen molar-refractivity contribution in [2.45, 2.75) is 32.2 Å². The van der Waals surface area contributed by atoms with Crippen molar-refractivity contribution in [3.8, 4) is 0 Å². The lowest BCUT2D eigenvalue weighted by Gasteiger charge is -2.36. The molecule has 0 spiro atoms. The highest BCUT2D eigenvalue weighted by atomic mass is 32.1. The van der Waals surface area contributed by atoms with Gasteiger partial charge in [-0.05, 0) is 49.1 Å². The standard InChI is InChI=1S/C15H22N2OS/c1-11-7-13(16-8-12-4-5-12)10-17(9-11)15(18)14-3-2-6-19-14/h2-3,6,11-13,16H,4-5,7-10H2,1H3. The Hall–Kier alpha value is -0.870. The quantitative estimate of drug-likeness (QED) is 0.918. The number of amides is 1. The van der Waals surface area contributed by atoms with Crippen LogP contribution in [0, 0.1) is 11.8 Å². The molecule has 2 atom stereocenters. The molecule has 1 aromatic rings. The predicted molar refractivity (Wildman–Crippen MR) is 78.5 cm³/mol. The Morgan fingerprint density at radius 3 is 3.00 bits per heavy atom. The lowest BCUT2D eigenvalue weighted by molar-refractivity contribution is 0.0645. The fourth-order valence-electron chi connectivity index (χ4n) is 2.88. The minimum Gasteiger partial charge on any atom is -0.336 e. The molecule has 3 nitrogen and oxygen atoms in total. The Balaban J connectivity index is 1.59.